The molecule has 6 nitrogen and oxygen atoms in total. The van der Waals surface area contributed by atoms with Gasteiger partial charge >= 0.3 is 0 Å². The van der Waals surface area contributed by atoms with Crippen LogP contribution in [0.4, 0.5) is 5.69 Å². The van der Waals surface area contributed by atoms with Gasteiger partial charge in [0.15, 0.2) is 5.82 Å². The van der Waals surface area contributed by atoms with E-state index < -0.39 is 0 Å². The maximum atomic E-state index is 4.41. The molecule has 108 valence electrons. The summed E-state index contributed by atoms with van der Waals surface area (Å²) in [6.45, 7) is 5.07. The minimum atomic E-state index is 0.183. The number of hydrogen-bond acceptors (Lipinski definition) is 4. The van der Waals surface area contributed by atoms with Gasteiger partial charge in [0.05, 0.1) is 24.1 Å². The maximum Gasteiger partial charge on any atom is 0.153 e. The van der Waals surface area contributed by atoms with Crippen molar-refractivity contribution in [2.24, 2.45) is 0 Å². The first-order chi connectivity index (χ1) is 10.3. The molecule has 21 heavy (non-hydrogen) atoms. The average molecular weight is 282 g/mol. The zero-order valence-electron chi connectivity index (χ0n) is 12.1. The van der Waals surface area contributed by atoms with Crippen LogP contribution < -0.4 is 5.32 Å². The maximum absolute atomic E-state index is 4.41. The van der Waals surface area contributed by atoms with E-state index in [9.17, 15) is 0 Å². The average Bonchev–Trinajstić information content (AvgIpc) is 3.19. The van der Waals surface area contributed by atoms with Crippen molar-refractivity contribution >= 4 is 5.69 Å². The first-order valence-electron chi connectivity index (χ1n) is 7.01. The van der Waals surface area contributed by atoms with Crippen LogP contribution in [-0.4, -0.2) is 24.5 Å². The molecule has 0 fully saturated rings. The first kappa shape index (κ1) is 13.4. The van der Waals surface area contributed by atoms with E-state index in [1.165, 1.54) is 0 Å². The Morgan fingerprint density at radius 3 is 2.76 bits per heavy atom. The quantitative estimate of drug-likeness (QED) is 0.781. The summed E-state index contributed by atoms with van der Waals surface area (Å²) in [7, 11) is 0. The van der Waals surface area contributed by atoms with E-state index in [2.05, 4.69) is 40.5 Å². The molecule has 0 saturated carbocycles. The summed E-state index contributed by atoms with van der Waals surface area (Å²) in [6, 6.07) is 6.01. The lowest BCUT2D eigenvalue weighted by Gasteiger charge is -2.13. The molecule has 6 heteroatoms. The lowest BCUT2D eigenvalue weighted by Crippen LogP contribution is -2.07. The van der Waals surface area contributed by atoms with Crippen LogP contribution in [0.5, 0.6) is 0 Å². The fourth-order valence-electron chi connectivity index (χ4n) is 2.12. The normalized spacial score (nSPS) is 12.3. The zero-order valence-corrected chi connectivity index (χ0v) is 12.1. The number of aryl methyl sites for hydroxylation is 1. The van der Waals surface area contributed by atoms with Crippen molar-refractivity contribution in [1.29, 1.82) is 0 Å². The number of nitrogens with zero attached hydrogens (tertiary/aromatic N) is 5. The summed E-state index contributed by atoms with van der Waals surface area (Å²) in [6.07, 6.45) is 9.38. The molecule has 0 spiro atoms. The van der Waals surface area contributed by atoms with Gasteiger partial charge in [-0.25, -0.2) is 9.67 Å². The molecule has 0 aliphatic rings. The Labute approximate surface area is 123 Å². The highest BCUT2D eigenvalue weighted by atomic mass is 15.3. The molecule has 0 aromatic carbocycles. The van der Waals surface area contributed by atoms with E-state index in [1.54, 1.807) is 10.9 Å². The van der Waals surface area contributed by atoms with E-state index in [-0.39, 0.29) is 6.04 Å². The van der Waals surface area contributed by atoms with Gasteiger partial charge in [0.25, 0.3) is 0 Å². The standard InChI is InChI=1S/C15H18N6/c1-3-20-11-13(9-18-20)12(2)19-14-5-6-15(16-10-14)21-8-4-7-17-21/h4-12,19H,3H2,1-2H3. The van der Waals surface area contributed by atoms with Gasteiger partial charge in [-0.2, -0.15) is 10.2 Å². The Hall–Kier alpha value is -2.63. The second kappa shape index (κ2) is 5.78. The highest BCUT2D eigenvalue weighted by Crippen LogP contribution is 2.18. The van der Waals surface area contributed by atoms with Gasteiger partial charge < -0.3 is 5.32 Å². The number of hydrogen-bond donors (Lipinski definition) is 1. The minimum absolute atomic E-state index is 0.183. The number of aromatic nitrogens is 5. The summed E-state index contributed by atoms with van der Waals surface area (Å²) in [5.41, 5.74) is 2.13. The Bertz CT molecular complexity index is 683. The van der Waals surface area contributed by atoms with Crippen LogP contribution in [0.15, 0.2) is 49.2 Å². The molecule has 0 saturated heterocycles. The number of nitrogens with one attached hydrogen (secondary N) is 1. The predicted octanol–water partition coefficient (Wildman–Crippen LogP) is 2.66. The van der Waals surface area contributed by atoms with Crippen LogP contribution in [0.2, 0.25) is 0 Å². The number of anilines is 1. The first-order valence-corrected chi connectivity index (χ1v) is 7.01. The summed E-state index contributed by atoms with van der Waals surface area (Å²) in [5, 5.41) is 11.9. The third-order valence-electron chi connectivity index (χ3n) is 3.35. The van der Waals surface area contributed by atoms with E-state index in [0.29, 0.717) is 0 Å². The van der Waals surface area contributed by atoms with Crippen LogP contribution in [0.3, 0.4) is 0 Å². The fraction of sp³-hybridized carbons (Fsp3) is 0.267. The van der Waals surface area contributed by atoms with Gasteiger partial charge in [0.1, 0.15) is 0 Å². The summed E-state index contributed by atoms with van der Waals surface area (Å²) < 4.78 is 3.66. The Kier molecular flexibility index (Phi) is 3.68. The largest absolute Gasteiger partial charge is 0.377 e. The van der Waals surface area contributed by atoms with E-state index in [4.69, 9.17) is 0 Å². The smallest absolute Gasteiger partial charge is 0.153 e. The van der Waals surface area contributed by atoms with Crippen molar-refractivity contribution < 1.29 is 0 Å². The van der Waals surface area contributed by atoms with Crippen LogP contribution in [0, 0.1) is 0 Å². The lowest BCUT2D eigenvalue weighted by atomic mass is 10.2. The molecule has 0 amide bonds. The van der Waals surface area contributed by atoms with Crippen LogP contribution in [0.1, 0.15) is 25.5 Å². The van der Waals surface area contributed by atoms with Crippen molar-refractivity contribution in [2.45, 2.75) is 26.4 Å². The van der Waals surface area contributed by atoms with Crippen molar-refractivity contribution in [2.75, 3.05) is 5.32 Å². The third kappa shape index (κ3) is 2.94. The van der Waals surface area contributed by atoms with Gasteiger partial charge in [-0.05, 0) is 32.0 Å². The van der Waals surface area contributed by atoms with Gasteiger partial charge in [-0.15, -0.1) is 0 Å². The molecule has 3 heterocycles. The van der Waals surface area contributed by atoms with Crippen LogP contribution >= 0.6 is 0 Å². The summed E-state index contributed by atoms with van der Waals surface area (Å²) in [5.74, 6) is 0.803. The molecule has 0 bridgehead atoms. The van der Waals surface area contributed by atoms with Crippen LogP contribution in [-0.2, 0) is 6.54 Å². The van der Waals surface area contributed by atoms with Gasteiger partial charge in [0.2, 0.25) is 0 Å². The Morgan fingerprint density at radius 2 is 2.14 bits per heavy atom. The molecule has 0 radical (unpaired) electrons. The van der Waals surface area contributed by atoms with Crippen molar-refractivity contribution in [3.63, 3.8) is 0 Å². The monoisotopic (exact) mass is 282 g/mol. The molecule has 3 rings (SSSR count). The molecule has 0 aliphatic heterocycles. The van der Waals surface area contributed by atoms with E-state index in [0.717, 1.165) is 23.6 Å². The molecule has 0 aliphatic carbocycles. The predicted molar refractivity (Wildman–Crippen MR) is 81.3 cm³/mol. The number of rotatable bonds is 5. The van der Waals surface area contributed by atoms with Crippen LogP contribution in [0.25, 0.3) is 5.82 Å². The molecular weight excluding hydrogens is 264 g/mol. The van der Waals surface area contributed by atoms with Gasteiger partial charge in [-0.1, -0.05) is 0 Å². The fourth-order valence-corrected chi connectivity index (χ4v) is 2.12. The molecule has 1 unspecified atom stereocenters. The third-order valence-corrected chi connectivity index (χ3v) is 3.35. The second-order valence-corrected chi connectivity index (χ2v) is 4.85. The SMILES string of the molecule is CCn1cc(C(C)Nc2ccc(-n3cccn3)nc2)cn1. The molecule has 1 atom stereocenters. The minimum Gasteiger partial charge on any atom is -0.377 e. The van der Waals surface area contributed by atoms with E-state index >= 15 is 0 Å². The molecular formula is C15H18N6. The Balaban J connectivity index is 1.70. The van der Waals surface area contributed by atoms with Gasteiger partial charge in [0, 0.05) is 30.7 Å². The molecule has 3 aromatic rings. The van der Waals surface area contributed by atoms with Crippen molar-refractivity contribution in [3.8, 4) is 5.82 Å². The summed E-state index contributed by atoms with van der Waals surface area (Å²) in [4.78, 5) is 4.41. The van der Waals surface area contributed by atoms with E-state index in [1.807, 2.05) is 41.5 Å². The topological polar surface area (TPSA) is 60.6 Å². The lowest BCUT2D eigenvalue weighted by molar-refractivity contribution is 0.658. The highest BCUT2D eigenvalue weighted by molar-refractivity contribution is 5.45. The van der Waals surface area contributed by atoms with Crippen molar-refractivity contribution in [1.82, 2.24) is 24.5 Å². The zero-order chi connectivity index (χ0) is 14.7. The highest BCUT2D eigenvalue weighted by Gasteiger charge is 2.08. The Morgan fingerprint density at radius 1 is 1.24 bits per heavy atom. The molecule has 1 N–H and O–H groups in total. The summed E-state index contributed by atoms with van der Waals surface area (Å²) >= 11 is 0. The molecule has 3 aromatic heterocycles. The number of pyridine rings is 1. The van der Waals surface area contributed by atoms with Crippen molar-refractivity contribution in [3.05, 3.63) is 54.7 Å². The van der Waals surface area contributed by atoms with Gasteiger partial charge in [-0.3, -0.25) is 4.68 Å². The second-order valence-electron chi connectivity index (χ2n) is 4.85.